The molecule has 1 saturated heterocycles. The molecule has 5 nitrogen and oxygen atoms in total. The number of hydrogen-bond donors (Lipinski definition) is 0. The number of anilines is 1. The molecular formula is C20H25N3O2. The summed E-state index contributed by atoms with van der Waals surface area (Å²) in [6.07, 6.45) is 1.91. The molecule has 2 aromatic carbocycles. The van der Waals surface area contributed by atoms with E-state index in [9.17, 15) is 0 Å². The van der Waals surface area contributed by atoms with Crippen LogP contribution in [0.1, 0.15) is 12.5 Å². The number of hydrazone groups is 1. The molecule has 0 amide bonds. The molecule has 132 valence electrons. The van der Waals surface area contributed by atoms with Crippen molar-refractivity contribution < 1.29 is 9.47 Å². The largest absolute Gasteiger partial charge is 0.495 e. The van der Waals surface area contributed by atoms with Crippen LogP contribution in [0.3, 0.4) is 0 Å². The molecule has 25 heavy (non-hydrogen) atoms. The molecule has 0 N–H and O–H groups in total. The smallest absolute Gasteiger partial charge is 0.142 e. The quantitative estimate of drug-likeness (QED) is 0.757. The lowest BCUT2D eigenvalue weighted by Gasteiger charge is -2.35. The number of benzene rings is 2. The third-order valence-corrected chi connectivity index (χ3v) is 4.24. The number of piperazine rings is 1. The Balaban J connectivity index is 1.55. The van der Waals surface area contributed by atoms with E-state index >= 15 is 0 Å². The molecule has 0 saturated carbocycles. The van der Waals surface area contributed by atoms with E-state index in [1.807, 2.05) is 55.6 Å². The molecule has 0 atom stereocenters. The van der Waals surface area contributed by atoms with Crippen molar-refractivity contribution in [3.8, 4) is 11.5 Å². The summed E-state index contributed by atoms with van der Waals surface area (Å²) in [6.45, 7) is 6.32. The number of hydrogen-bond acceptors (Lipinski definition) is 5. The third-order valence-electron chi connectivity index (χ3n) is 4.24. The van der Waals surface area contributed by atoms with Crippen molar-refractivity contribution in [2.45, 2.75) is 6.92 Å². The lowest BCUT2D eigenvalue weighted by atomic mass is 10.2. The van der Waals surface area contributed by atoms with Gasteiger partial charge < -0.3 is 14.4 Å². The lowest BCUT2D eigenvalue weighted by molar-refractivity contribution is 0.271. The van der Waals surface area contributed by atoms with Crippen molar-refractivity contribution in [1.29, 1.82) is 0 Å². The molecule has 0 spiro atoms. The van der Waals surface area contributed by atoms with E-state index < -0.39 is 0 Å². The van der Waals surface area contributed by atoms with Crippen LogP contribution < -0.4 is 14.4 Å². The Kier molecular flexibility index (Phi) is 5.77. The van der Waals surface area contributed by atoms with Crippen LogP contribution in [0.25, 0.3) is 0 Å². The highest BCUT2D eigenvalue weighted by molar-refractivity contribution is 5.79. The van der Waals surface area contributed by atoms with E-state index in [2.05, 4.69) is 21.1 Å². The van der Waals surface area contributed by atoms with Crippen LogP contribution in [-0.4, -0.2) is 51.1 Å². The summed E-state index contributed by atoms with van der Waals surface area (Å²) in [5.41, 5.74) is 2.23. The van der Waals surface area contributed by atoms with Gasteiger partial charge in [0.05, 0.1) is 38.7 Å². The van der Waals surface area contributed by atoms with Crippen LogP contribution in [0.4, 0.5) is 5.69 Å². The number of rotatable bonds is 6. The number of ether oxygens (including phenoxy) is 2. The van der Waals surface area contributed by atoms with Gasteiger partial charge in [0.1, 0.15) is 11.5 Å². The Bertz CT molecular complexity index is 692. The van der Waals surface area contributed by atoms with Crippen LogP contribution in [0.15, 0.2) is 53.6 Å². The Hall–Kier alpha value is -2.69. The van der Waals surface area contributed by atoms with Gasteiger partial charge in [-0.1, -0.05) is 12.1 Å². The third kappa shape index (κ3) is 4.44. The van der Waals surface area contributed by atoms with E-state index in [1.54, 1.807) is 7.11 Å². The van der Waals surface area contributed by atoms with Gasteiger partial charge in [0.25, 0.3) is 0 Å². The average molecular weight is 339 g/mol. The molecule has 5 heteroatoms. The second kappa shape index (κ2) is 8.42. The fraction of sp³-hybridized carbons (Fsp3) is 0.350. The molecule has 1 heterocycles. The molecule has 0 aromatic heterocycles. The highest BCUT2D eigenvalue weighted by Gasteiger charge is 2.18. The van der Waals surface area contributed by atoms with Gasteiger partial charge in [-0.3, -0.25) is 5.01 Å². The van der Waals surface area contributed by atoms with Gasteiger partial charge in [-0.2, -0.15) is 5.10 Å². The molecule has 0 aliphatic carbocycles. The monoisotopic (exact) mass is 339 g/mol. The first kappa shape index (κ1) is 17.1. The summed E-state index contributed by atoms with van der Waals surface area (Å²) in [5, 5.41) is 6.72. The van der Waals surface area contributed by atoms with Gasteiger partial charge in [-0.15, -0.1) is 0 Å². The summed E-state index contributed by atoms with van der Waals surface area (Å²) in [5.74, 6) is 1.82. The molecular weight excluding hydrogens is 314 g/mol. The summed E-state index contributed by atoms with van der Waals surface area (Å²) in [6, 6.07) is 16.2. The van der Waals surface area contributed by atoms with Crippen LogP contribution in [0.2, 0.25) is 0 Å². The molecule has 3 rings (SSSR count). The van der Waals surface area contributed by atoms with Crippen molar-refractivity contribution in [2.24, 2.45) is 5.10 Å². The highest BCUT2D eigenvalue weighted by Crippen LogP contribution is 2.28. The van der Waals surface area contributed by atoms with E-state index in [4.69, 9.17) is 9.47 Å². The predicted molar refractivity (Wildman–Crippen MR) is 102 cm³/mol. The number of nitrogens with zero attached hydrogens (tertiary/aromatic N) is 3. The highest BCUT2D eigenvalue weighted by atomic mass is 16.5. The molecule has 0 radical (unpaired) electrons. The van der Waals surface area contributed by atoms with Crippen LogP contribution in [-0.2, 0) is 0 Å². The van der Waals surface area contributed by atoms with Gasteiger partial charge in [-0.25, -0.2) is 0 Å². The maximum atomic E-state index is 5.46. The topological polar surface area (TPSA) is 37.3 Å². The van der Waals surface area contributed by atoms with E-state index in [1.165, 1.54) is 0 Å². The summed E-state index contributed by atoms with van der Waals surface area (Å²) in [7, 11) is 1.72. The van der Waals surface area contributed by atoms with Gasteiger partial charge in [-0.05, 0) is 48.9 Å². The van der Waals surface area contributed by atoms with Crippen LogP contribution in [0.5, 0.6) is 11.5 Å². The van der Waals surface area contributed by atoms with E-state index in [0.717, 1.165) is 48.9 Å². The zero-order valence-electron chi connectivity index (χ0n) is 14.9. The van der Waals surface area contributed by atoms with Crippen molar-refractivity contribution in [3.63, 3.8) is 0 Å². The predicted octanol–water partition coefficient (Wildman–Crippen LogP) is 3.25. The maximum absolute atomic E-state index is 5.46. The Morgan fingerprint density at radius 3 is 2.40 bits per heavy atom. The molecule has 1 aliphatic heterocycles. The Labute approximate surface area is 149 Å². The fourth-order valence-electron chi connectivity index (χ4n) is 2.91. The van der Waals surface area contributed by atoms with Gasteiger partial charge >= 0.3 is 0 Å². The Morgan fingerprint density at radius 1 is 1.00 bits per heavy atom. The maximum Gasteiger partial charge on any atom is 0.142 e. The van der Waals surface area contributed by atoms with Gasteiger partial charge in [0, 0.05) is 13.1 Å². The first-order valence-corrected chi connectivity index (χ1v) is 8.70. The van der Waals surface area contributed by atoms with Crippen LogP contribution >= 0.6 is 0 Å². The van der Waals surface area contributed by atoms with Crippen molar-refractivity contribution in [3.05, 3.63) is 54.1 Å². The zero-order valence-corrected chi connectivity index (χ0v) is 14.9. The number of methoxy groups -OCH3 is 1. The lowest BCUT2D eigenvalue weighted by Crippen LogP contribution is -2.44. The summed E-state index contributed by atoms with van der Waals surface area (Å²) in [4.78, 5) is 2.35. The van der Waals surface area contributed by atoms with Crippen molar-refractivity contribution >= 4 is 11.9 Å². The minimum atomic E-state index is 0.684. The summed E-state index contributed by atoms with van der Waals surface area (Å²) >= 11 is 0. The minimum Gasteiger partial charge on any atom is -0.495 e. The van der Waals surface area contributed by atoms with Crippen LogP contribution in [0, 0.1) is 0 Å². The second-order valence-electron chi connectivity index (χ2n) is 5.86. The zero-order chi connectivity index (χ0) is 17.5. The van der Waals surface area contributed by atoms with Crippen molar-refractivity contribution in [1.82, 2.24) is 5.01 Å². The normalized spacial score (nSPS) is 14.8. The fourth-order valence-corrected chi connectivity index (χ4v) is 2.91. The minimum absolute atomic E-state index is 0.684. The molecule has 1 aliphatic rings. The molecule has 0 unspecified atom stereocenters. The number of para-hydroxylation sites is 2. The van der Waals surface area contributed by atoms with E-state index in [0.29, 0.717) is 6.61 Å². The van der Waals surface area contributed by atoms with Crippen molar-refractivity contribution in [2.75, 3.05) is 44.8 Å². The molecule has 2 aromatic rings. The molecule has 0 bridgehead atoms. The Morgan fingerprint density at radius 2 is 1.72 bits per heavy atom. The second-order valence-corrected chi connectivity index (χ2v) is 5.86. The van der Waals surface area contributed by atoms with Gasteiger partial charge in [0.2, 0.25) is 0 Å². The first-order chi connectivity index (χ1) is 12.3. The standard InChI is InChI=1S/C20H25N3O2/c1-3-25-18-10-8-17(9-11-18)16-21-23-14-12-22(13-15-23)19-6-4-5-7-20(19)24-2/h4-11,16H,3,12-15H2,1-2H3. The first-order valence-electron chi connectivity index (χ1n) is 8.70. The van der Waals surface area contributed by atoms with Gasteiger partial charge in [0.15, 0.2) is 0 Å². The van der Waals surface area contributed by atoms with E-state index in [-0.39, 0.29) is 0 Å². The average Bonchev–Trinajstić information content (AvgIpc) is 2.68. The SMILES string of the molecule is CCOc1ccc(C=NN2CCN(c3ccccc3OC)CC2)cc1. The summed E-state index contributed by atoms with van der Waals surface area (Å²) < 4.78 is 10.9. The molecule has 1 fully saturated rings.